The highest BCUT2D eigenvalue weighted by Crippen LogP contribution is 2.15. The molecule has 0 fully saturated rings. The summed E-state index contributed by atoms with van der Waals surface area (Å²) >= 11 is 0. The minimum atomic E-state index is -0.653. The maximum absolute atomic E-state index is 10.3. The Bertz CT molecular complexity index is 447. The zero-order valence-electron chi connectivity index (χ0n) is 27.3. The summed E-state index contributed by atoms with van der Waals surface area (Å²) in [5, 5.41) is 17.0. The third-order valence-corrected chi connectivity index (χ3v) is 7.99. The molecule has 0 amide bonds. The molecular formula is C38H80O4. The van der Waals surface area contributed by atoms with E-state index >= 15 is 0 Å². The molecule has 4 heteroatoms. The van der Waals surface area contributed by atoms with Crippen molar-refractivity contribution in [3.05, 3.63) is 0 Å². The van der Waals surface area contributed by atoms with Gasteiger partial charge in [-0.25, -0.2) is 0 Å². The summed E-state index contributed by atoms with van der Waals surface area (Å²) in [5.74, 6) is -1.31. The highest BCUT2D eigenvalue weighted by atomic mass is 16.4. The molecule has 0 atom stereocenters. The molecule has 0 radical (unpaired) electrons. The van der Waals surface area contributed by atoms with Gasteiger partial charge in [-0.2, -0.15) is 0 Å². The van der Waals surface area contributed by atoms with Gasteiger partial charge in [0.25, 0.3) is 0 Å². The van der Waals surface area contributed by atoms with Crippen molar-refractivity contribution in [2.24, 2.45) is 0 Å². The lowest BCUT2D eigenvalue weighted by Crippen LogP contribution is -1.93. The van der Waals surface area contributed by atoms with Gasteiger partial charge in [-0.3, -0.25) is 9.59 Å². The van der Waals surface area contributed by atoms with E-state index in [9.17, 15) is 9.59 Å². The van der Waals surface area contributed by atoms with Crippen LogP contribution in [0.25, 0.3) is 0 Å². The van der Waals surface area contributed by atoms with Crippen molar-refractivity contribution in [1.29, 1.82) is 0 Å². The molecule has 0 aliphatic carbocycles. The molecule has 0 aromatic heterocycles. The third kappa shape index (κ3) is 51.7. The van der Waals surface area contributed by atoms with E-state index in [2.05, 4.69) is 13.8 Å². The van der Waals surface area contributed by atoms with Crippen molar-refractivity contribution < 1.29 is 19.8 Å². The van der Waals surface area contributed by atoms with Crippen molar-refractivity contribution >= 4 is 11.9 Å². The second kappa shape index (κ2) is 44.4. The molecule has 0 aromatic rings. The van der Waals surface area contributed by atoms with Gasteiger partial charge < -0.3 is 10.2 Å². The lowest BCUT2D eigenvalue weighted by Gasteiger charge is -2.03. The summed E-state index contributed by atoms with van der Waals surface area (Å²) in [5.41, 5.74) is 0. The SMILES string of the molecule is C.C.CCCCCCCCCCCCCCCCCC(=O)O.CCCCCCCCCCCCCCCCCC(=O)O. The second-order valence-electron chi connectivity index (χ2n) is 12.2. The van der Waals surface area contributed by atoms with E-state index in [0.717, 1.165) is 25.7 Å². The molecule has 0 aliphatic rings. The fraction of sp³-hybridized carbons (Fsp3) is 0.947. The number of carboxylic acid groups (broad SMARTS) is 2. The normalized spacial score (nSPS) is 10.3. The summed E-state index contributed by atoms with van der Waals surface area (Å²) in [4.78, 5) is 20.7. The van der Waals surface area contributed by atoms with Crippen molar-refractivity contribution in [2.75, 3.05) is 0 Å². The number of carbonyl (C=O) groups is 2. The molecule has 0 rings (SSSR count). The van der Waals surface area contributed by atoms with E-state index in [1.807, 2.05) is 0 Å². The highest BCUT2D eigenvalue weighted by Gasteiger charge is 1.98. The van der Waals surface area contributed by atoms with E-state index in [1.54, 1.807) is 0 Å². The predicted octanol–water partition coefficient (Wildman–Crippen LogP) is 13.9. The molecule has 0 heterocycles. The van der Waals surface area contributed by atoms with Crippen LogP contribution in [0.2, 0.25) is 0 Å². The largest absolute Gasteiger partial charge is 0.481 e. The van der Waals surface area contributed by atoms with E-state index in [0.29, 0.717) is 12.8 Å². The highest BCUT2D eigenvalue weighted by molar-refractivity contribution is 5.66. The minimum absolute atomic E-state index is 0. The molecule has 0 unspecified atom stereocenters. The molecule has 4 nitrogen and oxygen atoms in total. The predicted molar refractivity (Wildman–Crippen MR) is 188 cm³/mol. The monoisotopic (exact) mass is 601 g/mol. The smallest absolute Gasteiger partial charge is 0.303 e. The Kier molecular flexibility index (Phi) is 50.6. The van der Waals surface area contributed by atoms with Gasteiger partial charge in [-0.05, 0) is 12.8 Å². The first-order valence-corrected chi connectivity index (χ1v) is 18.0. The maximum Gasteiger partial charge on any atom is 0.303 e. The Morgan fingerprint density at radius 1 is 0.310 bits per heavy atom. The van der Waals surface area contributed by atoms with E-state index in [-0.39, 0.29) is 14.9 Å². The molecule has 0 spiro atoms. The van der Waals surface area contributed by atoms with Crippen molar-refractivity contribution in [2.45, 2.75) is 234 Å². The Balaban J connectivity index is -0.000000328. The molecule has 0 aliphatic heterocycles. The van der Waals surface area contributed by atoms with Gasteiger partial charge >= 0.3 is 11.9 Å². The average molecular weight is 601 g/mol. The van der Waals surface area contributed by atoms with Gasteiger partial charge in [0.15, 0.2) is 0 Å². The van der Waals surface area contributed by atoms with Crippen LogP contribution in [0.1, 0.15) is 234 Å². The van der Waals surface area contributed by atoms with Crippen LogP contribution in [0.5, 0.6) is 0 Å². The molecule has 0 saturated carbocycles. The van der Waals surface area contributed by atoms with Gasteiger partial charge in [0.2, 0.25) is 0 Å². The zero-order chi connectivity index (χ0) is 29.8. The molecule has 42 heavy (non-hydrogen) atoms. The summed E-state index contributed by atoms with van der Waals surface area (Å²) < 4.78 is 0. The number of aliphatic carboxylic acids is 2. The summed E-state index contributed by atoms with van der Waals surface area (Å²) in [7, 11) is 0. The Morgan fingerprint density at radius 3 is 0.595 bits per heavy atom. The van der Waals surface area contributed by atoms with Gasteiger partial charge in [0.1, 0.15) is 0 Å². The third-order valence-electron chi connectivity index (χ3n) is 7.99. The number of hydrogen-bond acceptors (Lipinski definition) is 2. The minimum Gasteiger partial charge on any atom is -0.481 e. The number of rotatable bonds is 32. The molecular weight excluding hydrogens is 520 g/mol. The van der Waals surface area contributed by atoms with Gasteiger partial charge in [0.05, 0.1) is 0 Å². The fourth-order valence-corrected chi connectivity index (χ4v) is 5.30. The number of hydrogen-bond donors (Lipinski definition) is 2. The maximum atomic E-state index is 10.3. The molecule has 0 saturated heterocycles. The van der Waals surface area contributed by atoms with Crippen molar-refractivity contribution in [3.8, 4) is 0 Å². The molecule has 0 aromatic carbocycles. The van der Waals surface area contributed by atoms with Gasteiger partial charge in [-0.1, -0.05) is 208 Å². The van der Waals surface area contributed by atoms with Crippen molar-refractivity contribution in [1.82, 2.24) is 0 Å². The first-order chi connectivity index (χ1) is 19.5. The van der Waals surface area contributed by atoms with Crippen LogP contribution in [-0.2, 0) is 9.59 Å². The lowest BCUT2D eigenvalue weighted by atomic mass is 10.0. The van der Waals surface area contributed by atoms with E-state index < -0.39 is 11.9 Å². The first-order valence-electron chi connectivity index (χ1n) is 18.0. The zero-order valence-corrected chi connectivity index (χ0v) is 27.3. The molecule has 0 bridgehead atoms. The van der Waals surface area contributed by atoms with E-state index in [4.69, 9.17) is 10.2 Å². The van der Waals surface area contributed by atoms with Crippen LogP contribution in [-0.4, -0.2) is 22.2 Å². The lowest BCUT2D eigenvalue weighted by molar-refractivity contribution is -0.138. The summed E-state index contributed by atoms with van der Waals surface area (Å²) in [6, 6.07) is 0. The molecule has 2 N–H and O–H groups in total. The van der Waals surface area contributed by atoms with Crippen LogP contribution in [0.4, 0.5) is 0 Å². The topological polar surface area (TPSA) is 74.6 Å². The van der Waals surface area contributed by atoms with Gasteiger partial charge in [0, 0.05) is 12.8 Å². The quantitative estimate of drug-likeness (QED) is 0.0753. The van der Waals surface area contributed by atoms with Crippen LogP contribution < -0.4 is 0 Å². The number of carboxylic acids is 2. The first kappa shape index (κ1) is 47.9. The van der Waals surface area contributed by atoms with Crippen LogP contribution >= 0.6 is 0 Å². The Morgan fingerprint density at radius 2 is 0.452 bits per heavy atom. The Hall–Kier alpha value is -1.06. The molecule has 256 valence electrons. The standard InChI is InChI=1S/2C18H36O2.2CH4/c2*1-2-3-4-5-6-7-8-9-10-11-12-13-14-15-16-17-18(19)20;;/h2*2-17H2,1H3,(H,19,20);2*1H4. The fourth-order valence-electron chi connectivity index (χ4n) is 5.30. The van der Waals surface area contributed by atoms with Gasteiger partial charge in [-0.15, -0.1) is 0 Å². The van der Waals surface area contributed by atoms with Crippen LogP contribution in [0.15, 0.2) is 0 Å². The average Bonchev–Trinajstić information content (AvgIpc) is 2.93. The second-order valence-corrected chi connectivity index (χ2v) is 12.2. The van der Waals surface area contributed by atoms with Crippen LogP contribution in [0.3, 0.4) is 0 Å². The Labute approximate surface area is 265 Å². The van der Waals surface area contributed by atoms with E-state index in [1.165, 1.54) is 167 Å². The summed E-state index contributed by atoms with van der Waals surface area (Å²) in [6.45, 7) is 4.54. The summed E-state index contributed by atoms with van der Waals surface area (Å²) in [6.07, 6.45) is 40.4. The number of unbranched alkanes of at least 4 members (excludes halogenated alkanes) is 28. The van der Waals surface area contributed by atoms with Crippen molar-refractivity contribution in [3.63, 3.8) is 0 Å². The van der Waals surface area contributed by atoms with Crippen LogP contribution in [0, 0.1) is 0 Å².